The monoisotopic (exact) mass is 381 g/mol. The molecule has 0 saturated heterocycles. The van der Waals surface area contributed by atoms with Crippen molar-refractivity contribution in [3.63, 3.8) is 0 Å². The molecule has 3 heterocycles. The van der Waals surface area contributed by atoms with Gasteiger partial charge in [-0.25, -0.2) is 9.67 Å². The Kier molecular flexibility index (Phi) is 5.16. The summed E-state index contributed by atoms with van der Waals surface area (Å²) in [4.78, 5) is 11.3. The molecule has 1 aliphatic rings. The van der Waals surface area contributed by atoms with Crippen molar-refractivity contribution in [1.29, 1.82) is 0 Å². The van der Waals surface area contributed by atoms with Crippen LogP contribution in [-0.2, 0) is 13.1 Å². The molecule has 0 atom stereocenters. The fourth-order valence-corrected chi connectivity index (χ4v) is 3.43. The third kappa shape index (κ3) is 3.94. The van der Waals surface area contributed by atoms with Crippen LogP contribution in [0.1, 0.15) is 23.4 Å². The van der Waals surface area contributed by atoms with Crippen molar-refractivity contribution in [1.82, 2.24) is 35.1 Å². The van der Waals surface area contributed by atoms with Crippen LogP contribution in [-0.4, -0.2) is 59.9 Å². The number of tetrazole rings is 1. The van der Waals surface area contributed by atoms with Gasteiger partial charge < -0.3 is 9.84 Å². The number of nitrogens with zero attached hydrogens (tertiary/aromatic N) is 7. The van der Waals surface area contributed by atoms with Crippen LogP contribution in [0.15, 0.2) is 24.7 Å². The molecule has 9 nitrogen and oxygen atoms in total. The van der Waals surface area contributed by atoms with E-state index in [-0.39, 0.29) is 5.75 Å². The Morgan fingerprint density at radius 2 is 2.11 bits per heavy atom. The molecule has 3 aromatic rings. The molecular weight excluding hydrogens is 358 g/mol. The fourth-order valence-electron chi connectivity index (χ4n) is 3.43. The van der Waals surface area contributed by atoms with Gasteiger partial charge in [-0.1, -0.05) is 0 Å². The second-order valence-electron chi connectivity index (χ2n) is 6.98. The number of aryl methyl sites for hydroxylation is 3. The molecule has 28 heavy (non-hydrogen) atoms. The molecule has 1 N–H and O–H groups in total. The van der Waals surface area contributed by atoms with Gasteiger partial charge in [0.1, 0.15) is 12.9 Å². The van der Waals surface area contributed by atoms with Crippen molar-refractivity contribution in [2.24, 2.45) is 0 Å². The predicted octanol–water partition coefficient (Wildman–Crippen LogP) is 1.74. The number of ether oxygens (including phenoxy) is 1. The molecule has 9 heteroatoms. The molecule has 1 aromatic carbocycles. The van der Waals surface area contributed by atoms with Gasteiger partial charge in [-0.3, -0.25) is 9.88 Å². The molecule has 0 fully saturated rings. The number of rotatable bonds is 5. The Morgan fingerprint density at radius 3 is 2.93 bits per heavy atom. The van der Waals surface area contributed by atoms with Crippen LogP contribution in [0.5, 0.6) is 11.5 Å². The molecule has 1 aliphatic heterocycles. The highest BCUT2D eigenvalue weighted by Gasteiger charge is 2.20. The first-order valence-electron chi connectivity index (χ1n) is 9.32. The minimum atomic E-state index is 0.144. The average Bonchev–Trinajstić information content (AvgIpc) is 3.10. The Hall–Kier alpha value is -3.07. The number of benzene rings is 1. The van der Waals surface area contributed by atoms with Crippen LogP contribution >= 0.6 is 0 Å². The van der Waals surface area contributed by atoms with E-state index in [1.54, 1.807) is 23.3 Å². The average molecular weight is 381 g/mol. The van der Waals surface area contributed by atoms with Crippen molar-refractivity contribution in [2.45, 2.75) is 33.4 Å². The third-order valence-corrected chi connectivity index (χ3v) is 4.80. The Bertz CT molecular complexity index is 959. The molecule has 0 saturated carbocycles. The van der Waals surface area contributed by atoms with Crippen LogP contribution in [0, 0.1) is 13.8 Å². The van der Waals surface area contributed by atoms with E-state index in [0.29, 0.717) is 18.9 Å². The predicted molar refractivity (Wildman–Crippen MR) is 102 cm³/mol. The molecule has 0 spiro atoms. The van der Waals surface area contributed by atoms with Crippen LogP contribution in [0.4, 0.5) is 0 Å². The van der Waals surface area contributed by atoms with Crippen molar-refractivity contribution >= 4 is 0 Å². The third-order valence-electron chi connectivity index (χ3n) is 4.80. The van der Waals surface area contributed by atoms with Crippen molar-refractivity contribution < 1.29 is 9.84 Å². The normalized spacial score (nSPS) is 14.4. The van der Waals surface area contributed by atoms with E-state index in [1.807, 2.05) is 19.9 Å². The number of hydrogen-bond acceptors (Lipinski definition) is 8. The SMILES string of the molecule is Cc1cnc(C)c(-c2cc(O)c3c(c2)CN(CCCn2cnnn2)CCO3)n1. The molecule has 146 valence electrons. The molecule has 2 aromatic heterocycles. The maximum atomic E-state index is 10.6. The number of phenolic OH excluding ortho intramolecular Hbond substituents is 1. The number of hydrogen-bond donors (Lipinski definition) is 1. The zero-order chi connectivity index (χ0) is 19.5. The fraction of sp³-hybridized carbons (Fsp3) is 0.421. The van der Waals surface area contributed by atoms with Crippen molar-refractivity contribution in [2.75, 3.05) is 19.7 Å². The Labute approximate surface area is 163 Å². The van der Waals surface area contributed by atoms with Gasteiger partial charge in [0.05, 0.1) is 17.1 Å². The van der Waals surface area contributed by atoms with Gasteiger partial charge >= 0.3 is 0 Å². The first kappa shape index (κ1) is 18.3. The molecular formula is C19H23N7O2. The van der Waals surface area contributed by atoms with E-state index in [1.165, 1.54) is 0 Å². The summed E-state index contributed by atoms with van der Waals surface area (Å²) in [6.45, 7) is 7.51. The van der Waals surface area contributed by atoms with Crippen molar-refractivity contribution in [3.8, 4) is 22.8 Å². The second kappa shape index (κ2) is 7.89. The van der Waals surface area contributed by atoms with Gasteiger partial charge in [0, 0.05) is 43.5 Å². The van der Waals surface area contributed by atoms with E-state index >= 15 is 0 Å². The summed E-state index contributed by atoms with van der Waals surface area (Å²) in [6, 6.07) is 3.76. The van der Waals surface area contributed by atoms with Crippen LogP contribution in [0.2, 0.25) is 0 Å². The summed E-state index contributed by atoms with van der Waals surface area (Å²) in [5.74, 6) is 0.704. The molecule has 0 aliphatic carbocycles. The number of aromatic nitrogens is 6. The van der Waals surface area contributed by atoms with Gasteiger partial charge in [0.15, 0.2) is 11.5 Å². The first-order valence-corrected chi connectivity index (χ1v) is 9.32. The quantitative estimate of drug-likeness (QED) is 0.713. The summed E-state index contributed by atoms with van der Waals surface area (Å²) >= 11 is 0. The minimum Gasteiger partial charge on any atom is -0.504 e. The maximum Gasteiger partial charge on any atom is 0.165 e. The van der Waals surface area contributed by atoms with Crippen LogP contribution in [0.25, 0.3) is 11.3 Å². The minimum absolute atomic E-state index is 0.144. The highest BCUT2D eigenvalue weighted by molar-refractivity contribution is 5.67. The second-order valence-corrected chi connectivity index (χ2v) is 6.98. The summed E-state index contributed by atoms with van der Waals surface area (Å²) in [5.41, 5.74) is 4.27. The zero-order valence-corrected chi connectivity index (χ0v) is 16.0. The highest BCUT2D eigenvalue weighted by Crippen LogP contribution is 2.37. The largest absolute Gasteiger partial charge is 0.504 e. The highest BCUT2D eigenvalue weighted by atomic mass is 16.5. The smallest absolute Gasteiger partial charge is 0.165 e. The Balaban J connectivity index is 1.55. The molecule has 0 unspecified atom stereocenters. The van der Waals surface area contributed by atoms with E-state index in [4.69, 9.17) is 4.74 Å². The lowest BCUT2D eigenvalue weighted by Crippen LogP contribution is -2.27. The van der Waals surface area contributed by atoms with Gasteiger partial charge in [-0.15, -0.1) is 5.10 Å². The molecule has 4 rings (SSSR count). The van der Waals surface area contributed by atoms with Gasteiger partial charge in [0.2, 0.25) is 0 Å². The zero-order valence-electron chi connectivity index (χ0n) is 16.0. The van der Waals surface area contributed by atoms with E-state index < -0.39 is 0 Å². The summed E-state index contributed by atoms with van der Waals surface area (Å²) in [6.07, 6.45) is 4.29. The Morgan fingerprint density at radius 1 is 1.21 bits per heavy atom. The van der Waals surface area contributed by atoms with E-state index in [2.05, 4.69) is 30.4 Å². The van der Waals surface area contributed by atoms with Crippen LogP contribution < -0.4 is 4.74 Å². The van der Waals surface area contributed by atoms with Gasteiger partial charge in [-0.05, 0) is 42.8 Å². The van der Waals surface area contributed by atoms with Gasteiger partial charge in [0.25, 0.3) is 0 Å². The number of aromatic hydroxyl groups is 1. The molecule has 0 radical (unpaired) electrons. The summed E-state index contributed by atoms with van der Waals surface area (Å²) in [7, 11) is 0. The number of phenols is 1. The lowest BCUT2D eigenvalue weighted by molar-refractivity contribution is 0.218. The lowest BCUT2D eigenvalue weighted by Gasteiger charge is -2.19. The van der Waals surface area contributed by atoms with E-state index in [0.717, 1.165) is 54.3 Å². The summed E-state index contributed by atoms with van der Waals surface area (Å²) in [5, 5.41) is 21.8. The van der Waals surface area contributed by atoms with Crippen LogP contribution in [0.3, 0.4) is 0 Å². The number of fused-ring (bicyclic) bond motifs is 1. The first-order chi connectivity index (χ1) is 13.6. The topological polar surface area (TPSA) is 102 Å². The maximum absolute atomic E-state index is 10.6. The van der Waals surface area contributed by atoms with E-state index in [9.17, 15) is 5.11 Å². The molecule has 0 bridgehead atoms. The summed E-state index contributed by atoms with van der Waals surface area (Å²) < 4.78 is 7.57. The standard InChI is InChI=1S/C19H23N7O2/c1-13-10-20-14(2)18(22-13)15-8-16-11-25(4-3-5-26-12-21-23-24-26)6-7-28-19(16)17(27)9-15/h8-10,12,27H,3-7,11H2,1-2H3. The lowest BCUT2D eigenvalue weighted by atomic mass is 10.0. The molecule has 0 amide bonds. The van der Waals surface area contributed by atoms with Crippen molar-refractivity contribution in [3.05, 3.63) is 41.6 Å². The van der Waals surface area contributed by atoms with Gasteiger partial charge in [-0.2, -0.15) is 0 Å².